The first-order valence-electron chi connectivity index (χ1n) is 8.22. The van der Waals surface area contributed by atoms with Crippen LogP contribution in [0.25, 0.3) is 0 Å². The lowest BCUT2D eigenvalue weighted by Crippen LogP contribution is -2.30. The molecule has 0 saturated carbocycles. The first-order valence-corrected chi connectivity index (χ1v) is 9.98. The van der Waals surface area contributed by atoms with Gasteiger partial charge in [-0.15, -0.1) is 29.3 Å². The summed E-state index contributed by atoms with van der Waals surface area (Å²) in [6.45, 7) is 7.17. The van der Waals surface area contributed by atoms with E-state index in [0.717, 1.165) is 21.3 Å². The highest BCUT2D eigenvalue weighted by atomic mass is 32.1. The molecule has 2 aromatic heterocycles. The quantitative estimate of drug-likeness (QED) is 0.518. The van der Waals surface area contributed by atoms with Crippen LogP contribution in [0, 0.1) is 6.92 Å². The van der Waals surface area contributed by atoms with Gasteiger partial charge in [-0.05, 0) is 30.5 Å². The van der Waals surface area contributed by atoms with Crippen molar-refractivity contribution < 1.29 is 9.53 Å². The molecule has 1 aromatic carbocycles. The standard InChI is InChI=1S/C20H20N2O2S2/c1-3-10-22(20(23)18-5-4-11-25-18)12-16-14-26-19(21-16)13-24-17-8-6-15(2)7-9-17/h3-9,11,14H,1,10,12-13H2,2H3. The fraction of sp³-hybridized carbons (Fsp3) is 0.200. The monoisotopic (exact) mass is 384 g/mol. The van der Waals surface area contributed by atoms with Crippen molar-refractivity contribution in [1.82, 2.24) is 9.88 Å². The molecule has 0 aliphatic carbocycles. The van der Waals surface area contributed by atoms with Crippen molar-refractivity contribution in [3.05, 3.63) is 81.0 Å². The first kappa shape index (κ1) is 18.4. The number of aryl methyl sites for hydroxylation is 1. The van der Waals surface area contributed by atoms with Crippen molar-refractivity contribution >= 4 is 28.6 Å². The highest BCUT2D eigenvalue weighted by molar-refractivity contribution is 7.12. The normalized spacial score (nSPS) is 10.5. The Morgan fingerprint density at radius 3 is 2.77 bits per heavy atom. The molecule has 6 heteroatoms. The molecule has 134 valence electrons. The van der Waals surface area contributed by atoms with Gasteiger partial charge in [-0.1, -0.05) is 29.8 Å². The number of rotatable bonds is 8. The second-order valence-corrected chi connectivity index (χ2v) is 7.68. The minimum absolute atomic E-state index is 0.00496. The predicted octanol–water partition coefficient (Wildman–Crippen LogP) is 4.92. The zero-order valence-corrected chi connectivity index (χ0v) is 16.2. The molecule has 0 N–H and O–H groups in total. The van der Waals surface area contributed by atoms with E-state index in [1.807, 2.05) is 54.1 Å². The van der Waals surface area contributed by atoms with Gasteiger partial charge in [0.2, 0.25) is 0 Å². The van der Waals surface area contributed by atoms with Crippen molar-refractivity contribution in [2.45, 2.75) is 20.1 Å². The molecule has 4 nitrogen and oxygen atoms in total. The Labute approximate surface area is 161 Å². The number of hydrogen-bond acceptors (Lipinski definition) is 5. The van der Waals surface area contributed by atoms with Gasteiger partial charge in [0.05, 0.1) is 17.1 Å². The molecule has 1 amide bonds. The number of ether oxygens (including phenoxy) is 1. The van der Waals surface area contributed by atoms with E-state index in [1.165, 1.54) is 16.9 Å². The van der Waals surface area contributed by atoms with Crippen LogP contribution in [0.3, 0.4) is 0 Å². The fourth-order valence-electron chi connectivity index (χ4n) is 2.39. The molecule has 3 rings (SSSR count). The van der Waals surface area contributed by atoms with Crippen molar-refractivity contribution in [2.24, 2.45) is 0 Å². The van der Waals surface area contributed by atoms with Gasteiger partial charge < -0.3 is 9.64 Å². The summed E-state index contributed by atoms with van der Waals surface area (Å²) in [6.07, 6.45) is 1.74. The third kappa shape index (κ3) is 4.80. The van der Waals surface area contributed by atoms with Gasteiger partial charge in [0.25, 0.3) is 5.91 Å². The average molecular weight is 385 g/mol. The maximum atomic E-state index is 12.6. The molecule has 0 aliphatic heterocycles. The molecule has 2 heterocycles. The molecule has 0 spiro atoms. The summed E-state index contributed by atoms with van der Waals surface area (Å²) >= 11 is 2.99. The number of benzene rings is 1. The average Bonchev–Trinajstić information content (AvgIpc) is 3.32. The number of hydrogen-bond donors (Lipinski definition) is 0. The number of nitrogens with zero attached hydrogens (tertiary/aromatic N) is 2. The Bertz CT molecular complexity index is 854. The molecule has 0 aliphatic rings. The molecule has 0 fully saturated rings. The molecular weight excluding hydrogens is 364 g/mol. The largest absolute Gasteiger partial charge is 0.486 e. The van der Waals surface area contributed by atoms with Gasteiger partial charge in [0.15, 0.2) is 0 Å². The van der Waals surface area contributed by atoms with Crippen LogP contribution in [0.1, 0.15) is 25.9 Å². The van der Waals surface area contributed by atoms with Crippen LogP contribution in [0.15, 0.2) is 59.8 Å². The van der Waals surface area contributed by atoms with Crippen LogP contribution in [0.4, 0.5) is 0 Å². The summed E-state index contributed by atoms with van der Waals surface area (Å²) in [7, 11) is 0. The van der Waals surface area contributed by atoms with E-state index in [9.17, 15) is 4.79 Å². The lowest BCUT2D eigenvalue weighted by molar-refractivity contribution is 0.0766. The van der Waals surface area contributed by atoms with E-state index in [4.69, 9.17) is 4.74 Å². The van der Waals surface area contributed by atoms with E-state index >= 15 is 0 Å². The molecule has 0 radical (unpaired) electrons. The summed E-state index contributed by atoms with van der Waals surface area (Å²) < 4.78 is 5.77. The maximum Gasteiger partial charge on any atom is 0.264 e. The van der Waals surface area contributed by atoms with Gasteiger partial charge in [-0.3, -0.25) is 4.79 Å². The zero-order chi connectivity index (χ0) is 18.4. The van der Waals surface area contributed by atoms with Gasteiger partial charge in [0, 0.05) is 11.9 Å². The number of carbonyl (C=O) groups excluding carboxylic acids is 1. The Balaban J connectivity index is 1.61. The van der Waals surface area contributed by atoms with Crippen LogP contribution in [0.5, 0.6) is 5.75 Å². The molecule has 0 unspecified atom stereocenters. The fourth-order valence-corrected chi connectivity index (χ4v) is 3.78. The molecule has 3 aromatic rings. The second-order valence-electron chi connectivity index (χ2n) is 5.79. The number of thiophene rings is 1. The molecular formula is C20H20N2O2S2. The topological polar surface area (TPSA) is 42.4 Å². The van der Waals surface area contributed by atoms with Crippen molar-refractivity contribution in [2.75, 3.05) is 6.54 Å². The van der Waals surface area contributed by atoms with Gasteiger partial charge in [0.1, 0.15) is 17.4 Å². The van der Waals surface area contributed by atoms with Gasteiger partial charge in [-0.2, -0.15) is 0 Å². The van der Waals surface area contributed by atoms with Gasteiger partial charge >= 0.3 is 0 Å². The number of aromatic nitrogens is 1. The van der Waals surface area contributed by atoms with E-state index in [-0.39, 0.29) is 5.91 Å². The van der Waals surface area contributed by atoms with Crippen molar-refractivity contribution in [3.63, 3.8) is 0 Å². The van der Waals surface area contributed by atoms with E-state index < -0.39 is 0 Å². The lowest BCUT2D eigenvalue weighted by atomic mass is 10.2. The maximum absolute atomic E-state index is 12.6. The summed E-state index contributed by atoms with van der Waals surface area (Å²) in [4.78, 5) is 19.7. The molecule has 0 atom stereocenters. The Kier molecular flexibility index (Phi) is 6.20. The van der Waals surface area contributed by atoms with Crippen LogP contribution < -0.4 is 4.74 Å². The number of carbonyl (C=O) groups is 1. The number of amides is 1. The first-order chi connectivity index (χ1) is 12.7. The van der Waals surface area contributed by atoms with Crippen molar-refractivity contribution in [3.8, 4) is 5.75 Å². The van der Waals surface area contributed by atoms with E-state index in [0.29, 0.717) is 19.7 Å². The van der Waals surface area contributed by atoms with Crippen LogP contribution >= 0.6 is 22.7 Å². The SMILES string of the molecule is C=CCN(Cc1csc(COc2ccc(C)cc2)n1)C(=O)c1cccs1. The van der Waals surface area contributed by atoms with Crippen LogP contribution in [-0.4, -0.2) is 22.3 Å². The number of thiazole rings is 1. The Hall–Kier alpha value is -2.44. The summed E-state index contributed by atoms with van der Waals surface area (Å²) in [5.41, 5.74) is 2.07. The second kappa shape index (κ2) is 8.78. The Morgan fingerprint density at radius 1 is 1.27 bits per heavy atom. The van der Waals surface area contributed by atoms with Crippen LogP contribution in [-0.2, 0) is 13.2 Å². The van der Waals surface area contributed by atoms with E-state index in [1.54, 1.807) is 22.3 Å². The minimum Gasteiger partial charge on any atom is -0.486 e. The summed E-state index contributed by atoms with van der Waals surface area (Å²) in [6, 6.07) is 11.7. The third-order valence-electron chi connectivity index (χ3n) is 3.70. The molecule has 0 saturated heterocycles. The molecule has 0 bridgehead atoms. The highest BCUT2D eigenvalue weighted by Crippen LogP contribution is 2.18. The Morgan fingerprint density at radius 2 is 2.08 bits per heavy atom. The lowest BCUT2D eigenvalue weighted by Gasteiger charge is -2.19. The highest BCUT2D eigenvalue weighted by Gasteiger charge is 2.17. The molecule has 26 heavy (non-hydrogen) atoms. The third-order valence-corrected chi connectivity index (χ3v) is 5.43. The van der Waals surface area contributed by atoms with E-state index in [2.05, 4.69) is 11.6 Å². The summed E-state index contributed by atoms with van der Waals surface area (Å²) in [5.74, 6) is 0.832. The van der Waals surface area contributed by atoms with Gasteiger partial charge in [-0.25, -0.2) is 4.98 Å². The van der Waals surface area contributed by atoms with Crippen LogP contribution in [0.2, 0.25) is 0 Å². The smallest absolute Gasteiger partial charge is 0.264 e. The summed E-state index contributed by atoms with van der Waals surface area (Å²) in [5, 5.41) is 4.77. The minimum atomic E-state index is 0.00496. The zero-order valence-electron chi connectivity index (χ0n) is 14.6. The van der Waals surface area contributed by atoms with Crippen molar-refractivity contribution in [1.29, 1.82) is 0 Å². The predicted molar refractivity (Wildman–Crippen MR) is 107 cm³/mol.